The molecule has 2 rings (SSSR count). The number of nitrogens with one attached hydrogen (secondary N) is 2. The molecule has 0 aliphatic carbocycles. The minimum Gasteiger partial charge on any atom is -0.491 e. The van der Waals surface area contributed by atoms with Gasteiger partial charge in [-0.15, -0.1) is 0 Å². The van der Waals surface area contributed by atoms with Crippen LogP contribution < -0.4 is 15.4 Å². The zero-order chi connectivity index (χ0) is 19.3. The van der Waals surface area contributed by atoms with Gasteiger partial charge in [0.15, 0.2) is 5.96 Å². The lowest BCUT2D eigenvalue weighted by molar-refractivity contribution is -0.127. The van der Waals surface area contributed by atoms with Crippen LogP contribution in [0.3, 0.4) is 0 Å². The Kier molecular flexibility index (Phi) is 9.48. The molecule has 0 atom stereocenters. The largest absolute Gasteiger partial charge is 0.491 e. The molecule has 27 heavy (non-hydrogen) atoms. The van der Waals surface area contributed by atoms with Gasteiger partial charge >= 0.3 is 0 Å². The summed E-state index contributed by atoms with van der Waals surface area (Å²) >= 11 is 0. The van der Waals surface area contributed by atoms with Crippen molar-refractivity contribution in [1.82, 2.24) is 15.5 Å². The molecule has 1 fully saturated rings. The van der Waals surface area contributed by atoms with Crippen LogP contribution in [0.25, 0.3) is 0 Å². The Morgan fingerprint density at radius 2 is 2.04 bits per heavy atom. The van der Waals surface area contributed by atoms with E-state index in [-0.39, 0.29) is 5.91 Å². The van der Waals surface area contributed by atoms with E-state index in [2.05, 4.69) is 15.6 Å². The van der Waals surface area contributed by atoms with Crippen LogP contribution in [-0.4, -0.2) is 63.3 Å². The first kappa shape index (κ1) is 21.0. The summed E-state index contributed by atoms with van der Waals surface area (Å²) in [4.78, 5) is 18.2. The molecule has 0 bridgehead atoms. The molecule has 0 aromatic heterocycles. The summed E-state index contributed by atoms with van der Waals surface area (Å²) in [5, 5.41) is 6.59. The maximum atomic E-state index is 11.6. The van der Waals surface area contributed by atoms with E-state index in [0.29, 0.717) is 26.2 Å². The molecule has 0 spiro atoms. The maximum absolute atomic E-state index is 11.6. The topological polar surface area (TPSA) is 75.2 Å². The second kappa shape index (κ2) is 12.2. The highest BCUT2D eigenvalue weighted by Crippen LogP contribution is 2.13. The van der Waals surface area contributed by atoms with Crippen molar-refractivity contribution < 1.29 is 14.3 Å². The lowest BCUT2D eigenvalue weighted by Gasteiger charge is -2.16. The predicted octanol–water partition coefficient (Wildman–Crippen LogP) is 1.78. The first-order valence-electron chi connectivity index (χ1n) is 9.73. The van der Waals surface area contributed by atoms with Crippen LogP contribution in [0.4, 0.5) is 0 Å². The molecule has 1 amide bonds. The summed E-state index contributed by atoms with van der Waals surface area (Å²) in [6.07, 6.45) is 2.62. The van der Waals surface area contributed by atoms with Gasteiger partial charge in [0.1, 0.15) is 12.4 Å². The van der Waals surface area contributed by atoms with Gasteiger partial charge < -0.3 is 25.0 Å². The van der Waals surface area contributed by atoms with Crippen molar-refractivity contribution in [2.45, 2.75) is 32.7 Å². The number of carbonyl (C=O) groups excluding carboxylic acids is 1. The lowest BCUT2D eigenvalue weighted by Crippen LogP contribution is -2.39. The molecular formula is C20H32N4O3. The zero-order valence-electron chi connectivity index (χ0n) is 16.5. The standard InChI is InChI=1S/C20H32N4O3/c1-3-21-20(22-11-5-13-24-12-4-6-19(24)25)23-16-17-7-9-18(10-8-17)27-15-14-26-2/h7-10H,3-6,11-16H2,1-2H3,(H2,21,22,23). The van der Waals surface area contributed by atoms with Crippen LogP contribution >= 0.6 is 0 Å². The van der Waals surface area contributed by atoms with E-state index in [1.807, 2.05) is 36.1 Å². The quantitative estimate of drug-likeness (QED) is 0.350. The average Bonchev–Trinajstić information content (AvgIpc) is 3.09. The molecule has 0 radical (unpaired) electrons. The number of carbonyl (C=O) groups is 1. The molecule has 1 aromatic carbocycles. The number of benzene rings is 1. The highest BCUT2D eigenvalue weighted by Gasteiger charge is 2.18. The molecular weight excluding hydrogens is 344 g/mol. The molecule has 7 heteroatoms. The van der Waals surface area contributed by atoms with Crippen molar-refractivity contribution in [2.75, 3.05) is 46.5 Å². The molecule has 7 nitrogen and oxygen atoms in total. The van der Waals surface area contributed by atoms with Crippen molar-refractivity contribution in [1.29, 1.82) is 0 Å². The predicted molar refractivity (Wildman–Crippen MR) is 107 cm³/mol. The molecule has 1 heterocycles. The summed E-state index contributed by atoms with van der Waals surface area (Å²) in [6, 6.07) is 7.95. The van der Waals surface area contributed by atoms with Gasteiger partial charge in [-0.2, -0.15) is 0 Å². The van der Waals surface area contributed by atoms with Crippen LogP contribution in [0.15, 0.2) is 29.3 Å². The second-order valence-electron chi connectivity index (χ2n) is 6.45. The number of methoxy groups -OCH3 is 1. The Morgan fingerprint density at radius 1 is 1.22 bits per heavy atom. The fourth-order valence-electron chi connectivity index (χ4n) is 2.86. The normalized spacial score (nSPS) is 14.5. The molecule has 1 saturated heterocycles. The fraction of sp³-hybridized carbons (Fsp3) is 0.600. The van der Waals surface area contributed by atoms with E-state index in [4.69, 9.17) is 9.47 Å². The van der Waals surface area contributed by atoms with Gasteiger partial charge in [0, 0.05) is 39.7 Å². The van der Waals surface area contributed by atoms with E-state index in [1.54, 1.807) is 7.11 Å². The van der Waals surface area contributed by atoms with E-state index >= 15 is 0 Å². The Labute approximate surface area is 162 Å². The number of guanidine groups is 1. The molecule has 1 aliphatic rings. The molecule has 0 saturated carbocycles. The summed E-state index contributed by atoms with van der Waals surface area (Å²) in [5.41, 5.74) is 1.12. The summed E-state index contributed by atoms with van der Waals surface area (Å²) in [6.45, 7) is 7.09. The van der Waals surface area contributed by atoms with Crippen LogP contribution in [0.1, 0.15) is 31.7 Å². The average molecular weight is 377 g/mol. The van der Waals surface area contributed by atoms with Gasteiger partial charge in [-0.25, -0.2) is 4.99 Å². The fourth-order valence-corrected chi connectivity index (χ4v) is 2.86. The van der Waals surface area contributed by atoms with Crippen molar-refractivity contribution in [3.05, 3.63) is 29.8 Å². The van der Waals surface area contributed by atoms with Crippen molar-refractivity contribution >= 4 is 11.9 Å². The third-order valence-corrected chi connectivity index (χ3v) is 4.31. The number of aliphatic imine (C=N–C) groups is 1. The number of likely N-dealkylation sites (tertiary alicyclic amines) is 1. The summed E-state index contributed by atoms with van der Waals surface area (Å²) in [7, 11) is 1.66. The van der Waals surface area contributed by atoms with Gasteiger partial charge in [0.25, 0.3) is 0 Å². The van der Waals surface area contributed by atoms with Crippen molar-refractivity contribution in [3.63, 3.8) is 0 Å². The van der Waals surface area contributed by atoms with Gasteiger partial charge in [0.2, 0.25) is 5.91 Å². The molecule has 2 N–H and O–H groups in total. The Morgan fingerprint density at radius 3 is 2.70 bits per heavy atom. The summed E-state index contributed by atoms with van der Waals surface area (Å²) in [5.74, 6) is 1.91. The van der Waals surface area contributed by atoms with E-state index in [1.165, 1.54) is 0 Å². The minimum absolute atomic E-state index is 0.283. The number of nitrogens with zero attached hydrogens (tertiary/aromatic N) is 2. The van der Waals surface area contributed by atoms with Crippen LogP contribution in [0, 0.1) is 0 Å². The highest BCUT2D eigenvalue weighted by atomic mass is 16.5. The van der Waals surface area contributed by atoms with Crippen LogP contribution in [0.5, 0.6) is 5.75 Å². The first-order valence-corrected chi connectivity index (χ1v) is 9.73. The lowest BCUT2D eigenvalue weighted by atomic mass is 10.2. The number of amides is 1. The number of ether oxygens (including phenoxy) is 2. The Balaban J connectivity index is 1.74. The Hall–Kier alpha value is -2.28. The van der Waals surface area contributed by atoms with E-state index < -0.39 is 0 Å². The Bertz CT molecular complexity index is 589. The zero-order valence-corrected chi connectivity index (χ0v) is 16.5. The highest BCUT2D eigenvalue weighted by molar-refractivity contribution is 5.79. The third-order valence-electron chi connectivity index (χ3n) is 4.31. The van der Waals surface area contributed by atoms with Crippen LogP contribution in [0.2, 0.25) is 0 Å². The smallest absolute Gasteiger partial charge is 0.222 e. The van der Waals surface area contributed by atoms with Crippen molar-refractivity contribution in [3.8, 4) is 5.75 Å². The van der Waals surface area contributed by atoms with Gasteiger partial charge in [-0.05, 0) is 37.5 Å². The van der Waals surface area contributed by atoms with Gasteiger partial charge in [-0.1, -0.05) is 12.1 Å². The monoisotopic (exact) mass is 376 g/mol. The second-order valence-corrected chi connectivity index (χ2v) is 6.45. The third kappa shape index (κ3) is 7.86. The van der Waals surface area contributed by atoms with Gasteiger partial charge in [-0.3, -0.25) is 4.79 Å². The SMILES string of the molecule is CCNC(=NCc1ccc(OCCOC)cc1)NCCCN1CCCC1=O. The maximum Gasteiger partial charge on any atom is 0.222 e. The first-order chi connectivity index (χ1) is 13.2. The van der Waals surface area contributed by atoms with E-state index in [9.17, 15) is 4.79 Å². The molecule has 150 valence electrons. The molecule has 1 aromatic rings. The summed E-state index contributed by atoms with van der Waals surface area (Å²) < 4.78 is 10.5. The molecule has 1 aliphatic heterocycles. The van der Waals surface area contributed by atoms with E-state index in [0.717, 1.165) is 56.3 Å². The van der Waals surface area contributed by atoms with Gasteiger partial charge in [0.05, 0.1) is 13.2 Å². The minimum atomic E-state index is 0.283. The number of hydrogen-bond donors (Lipinski definition) is 2. The number of rotatable bonds is 11. The molecule has 0 unspecified atom stereocenters. The van der Waals surface area contributed by atoms with Crippen molar-refractivity contribution in [2.24, 2.45) is 4.99 Å². The van der Waals surface area contributed by atoms with Crippen LogP contribution in [-0.2, 0) is 16.1 Å². The number of hydrogen-bond acceptors (Lipinski definition) is 4.